The average Bonchev–Trinajstić information content (AvgIpc) is 3.06. The molecule has 4 rings (SSSR count). The van der Waals surface area contributed by atoms with Crippen LogP contribution in [0.5, 0.6) is 11.5 Å². The van der Waals surface area contributed by atoms with Crippen LogP contribution in [0.3, 0.4) is 0 Å². The summed E-state index contributed by atoms with van der Waals surface area (Å²) < 4.78 is 10.9. The van der Waals surface area contributed by atoms with E-state index in [9.17, 15) is 9.90 Å². The van der Waals surface area contributed by atoms with E-state index in [-0.39, 0.29) is 17.4 Å². The molecule has 1 saturated carbocycles. The lowest BCUT2D eigenvalue weighted by atomic mass is 9.75. The monoisotopic (exact) mass is 345 g/mol. The largest absolute Gasteiger partial charge is 0.454 e. The summed E-state index contributed by atoms with van der Waals surface area (Å²) in [6, 6.07) is 6.46. The molecule has 2 aliphatic heterocycles. The quantitative estimate of drug-likeness (QED) is 0.915. The first-order valence-corrected chi connectivity index (χ1v) is 9.38. The minimum Gasteiger partial charge on any atom is -0.454 e. The second kappa shape index (κ2) is 6.52. The molecule has 0 bridgehead atoms. The van der Waals surface area contributed by atoms with E-state index in [0.29, 0.717) is 19.3 Å². The minimum atomic E-state index is -0.184. The number of carbonyl (C=O) groups is 1. The van der Waals surface area contributed by atoms with Gasteiger partial charge in [0.2, 0.25) is 12.7 Å². The van der Waals surface area contributed by atoms with Crippen molar-refractivity contribution in [3.8, 4) is 11.5 Å². The van der Waals surface area contributed by atoms with Gasteiger partial charge in [0.1, 0.15) is 0 Å². The molecular formula is C20H27NO4. The highest BCUT2D eigenvalue weighted by molar-refractivity contribution is 5.77. The molecule has 25 heavy (non-hydrogen) atoms. The molecule has 5 heteroatoms. The number of benzene rings is 1. The Bertz CT molecular complexity index is 653. The van der Waals surface area contributed by atoms with Gasteiger partial charge in [0.05, 0.1) is 6.10 Å². The van der Waals surface area contributed by atoms with Gasteiger partial charge in [-0.3, -0.25) is 4.79 Å². The predicted molar refractivity (Wildman–Crippen MR) is 93.6 cm³/mol. The Kier molecular flexibility index (Phi) is 4.36. The Balaban J connectivity index is 1.46. The Hall–Kier alpha value is -1.75. The molecule has 0 aromatic heterocycles. The van der Waals surface area contributed by atoms with Crippen molar-refractivity contribution in [2.75, 3.05) is 13.3 Å². The van der Waals surface area contributed by atoms with Gasteiger partial charge in [0.15, 0.2) is 11.5 Å². The zero-order valence-electron chi connectivity index (χ0n) is 14.9. The Morgan fingerprint density at radius 2 is 1.96 bits per heavy atom. The summed E-state index contributed by atoms with van der Waals surface area (Å²) in [4.78, 5) is 14.6. The van der Waals surface area contributed by atoms with Crippen LogP contribution in [0.2, 0.25) is 0 Å². The van der Waals surface area contributed by atoms with E-state index in [1.54, 1.807) is 0 Å². The predicted octanol–water partition coefficient (Wildman–Crippen LogP) is 2.89. The van der Waals surface area contributed by atoms with Gasteiger partial charge in [0.25, 0.3) is 0 Å². The fraction of sp³-hybridized carbons (Fsp3) is 0.650. The minimum absolute atomic E-state index is 0.0810. The number of hydrogen-bond acceptors (Lipinski definition) is 4. The smallest absolute Gasteiger partial charge is 0.231 e. The molecule has 2 heterocycles. The molecule has 136 valence electrons. The molecule has 1 atom stereocenters. The van der Waals surface area contributed by atoms with E-state index >= 15 is 0 Å². The highest BCUT2D eigenvalue weighted by atomic mass is 16.7. The summed E-state index contributed by atoms with van der Waals surface area (Å²) in [6.07, 6.45) is 5.77. The topological polar surface area (TPSA) is 59.0 Å². The van der Waals surface area contributed by atoms with Crippen LogP contribution in [0.4, 0.5) is 0 Å². The van der Waals surface area contributed by atoms with Crippen LogP contribution in [0.15, 0.2) is 18.2 Å². The van der Waals surface area contributed by atoms with Crippen molar-refractivity contribution in [3.63, 3.8) is 0 Å². The molecule has 1 aromatic carbocycles. The number of rotatable bonds is 3. The third-order valence-corrected chi connectivity index (χ3v) is 5.99. The maximum absolute atomic E-state index is 12.5. The molecule has 1 N–H and O–H groups in total. The van der Waals surface area contributed by atoms with E-state index < -0.39 is 0 Å². The first-order valence-electron chi connectivity index (χ1n) is 9.38. The number of piperidine rings is 1. The third kappa shape index (κ3) is 3.47. The van der Waals surface area contributed by atoms with Gasteiger partial charge in [-0.25, -0.2) is 0 Å². The van der Waals surface area contributed by atoms with Crippen molar-refractivity contribution in [3.05, 3.63) is 23.8 Å². The third-order valence-electron chi connectivity index (χ3n) is 5.99. The molecule has 1 saturated heterocycles. The second-order valence-electron chi connectivity index (χ2n) is 8.16. The highest BCUT2D eigenvalue weighted by Crippen LogP contribution is 2.39. The lowest BCUT2D eigenvalue weighted by Crippen LogP contribution is -2.52. The number of aliphatic hydroxyl groups is 1. The Morgan fingerprint density at radius 1 is 1.20 bits per heavy atom. The molecule has 5 nitrogen and oxygen atoms in total. The van der Waals surface area contributed by atoms with E-state index in [0.717, 1.165) is 56.6 Å². The molecule has 3 aliphatic rings. The van der Waals surface area contributed by atoms with E-state index in [1.165, 1.54) is 5.56 Å². The summed E-state index contributed by atoms with van der Waals surface area (Å²) in [5.41, 5.74) is 1.32. The van der Waals surface area contributed by atoms with Gasteiger partial charge in [-0.2, -0.15) is 0 Å². The van der Waals surface area contributed by atoms with Gasteiger partial charge in [-0.05, 0) is 61.6 Å². The molecule has 0 unspecified atom stereocenters. The van der Waals surface area contributed by atoms with Crippen LogP contribution >= 0.6 is 0 Å². The van der Waals surface area contributed by atoms with E-state index in [2.05, 4.69) is 24.0 Å². The van der Waals surface area contributed by atoms with Gasteiger partial charge in [-0.15, -0.1) is 0 Å². The molecule has 0 radical (unpaired) electrons. The van der Waals surface area contributed by atoms with Gasteiger partial charge < -0.3 is 19.5 Å². The van der Waals surface area contributed by atoms with Crippen LogP contribution in [-0.2, 0) is 11.2 Å². The molecule has 1 aromatic rings. The Morgan fingerprint density at radius 3 is 2.76 bits per heavy atom. The van der Waals surface area contributed by atoms with Gasteiger partial charge in [-0.1, -0.05) is 13.0 Å². The molecule has 1 amide bonds. The molecule has 2 fully saturated rings. The maximum atomic E-state index is 12.5. The standard InChI is InChI=1S/C20H27NO4/c1-20(11-14-2-7-17-18(10-14)25-13-24-17)9-8-19(23)21(12-20)15-3-5-16(22)6-4-15/h2,7,10,15-16,22H,3-6,8-9,11-13H2,1H3/t15?,16?,20-/m1/s1. The number of carbonyl (C=O) groups excluding carboxylic acids is 1. The fourth-order valence-electron chi connectivity index (χ4n) is 4.52. The summed E-state index contributed by atoms with van der Waals surface area (Å²) in [5, 5.41) is 9.74. The lowest BCUT2D eigenvalue weighted by molar-refractivity contribution is -0.141. The normalized spacial score (nSPS) is 32.1. The van der Waals surface area contributed by atoms with Crippen LogP contribution in [-0.4, -0.2) is 41.4 Å². The van der Waals surface area contributed by atoms with Crippen molar-refractivity contribution in [1.29, 1.82) is 0 Å². The fourth-order valence-corrected chi connectivity index (χ4v) is 4.52. The lowest BCUT2D eigenvalue weighted by Gasteiger charge is -2.45. The summed E-state index contributed by atoms with van der Waals surface area (Å²) >= 11 is 0. The van der Waals surface area contributed by atoms with Crippen LogP contribution in [0, 0.1) is 5.41 Å². The zero-order chi connectivity index (χ0) is 17.4. The molecule has 0 spiro atoms. The number of nitrogens with zero attached hydrogens (tertiary/aromatic N) is 1. The van der Waals surface area contributed by atoms with Crippen LogP contribution < -0.4 is 9.47 Å². The summed E-state index contributed by atoms with van der Waals surface area (Å²) in [6.45, 7) is 3.39. The number of ether oxygens (including phenoxy) is 2. The number of hydrogen-bond donors (Lipinski definition) is 1. The van der Waals surface area contributed by atoms with Gasteiger partial charge >= 0.3 is 0 Å². The van der Waals surface area contributed by atoms with Crippen molar-refractivity contribution in [2.24, 2.45) is 5.41 Å². The number of fused-ring (bicyclic) bond motifs is 1. The SMILES string of the molecule is C[C@]1(Cc2ccc3c(c2)OCO3)CCC(=O)N(C2CCC(O)CC2)C1. The Labute approximate surface area is 148 Å². The van der Waals surface area contributed by atoms with Crippen LogP contribution in [0.1, 0.15) is 51.0 Å². The van der Waals surface area contributed by atoms with E-state index in [1.807, 2.05) is 6.07 Å². The highest BCUT2D eigenvalue weighted by Gasteiger charge is 2.39. The first-order chi connectivity index (χ1) is 12.0. The average molecular weight is 345 g/mol. The first kappa shape index (κ1) is 16.7. The van der Waals surface area contributed by atoms with Crippen molar-refractivity contribution < 1.29 is 19.4 Å². The zero-order valence-corrected chi connectivity index (χ0v) is 14.9. The molecular weight excluding hydrogens is 318 g/mol. The van der Waals surface area contributed by atoms with Crippen LogP contribution in [0.25, 0.3) is 0 Å². The number of amides is 1. The molecule has 1 aliphatic carbocycles. The second-order valence-corrected chi connectivity index (χ2v) is 8.16. The maximum Gasteiger partial charge on any atom is 0.231 e. The summed E-state index contributed by atoms with van der Waals surface area (Å²) in [5.74, 6) is 1.92. The van der Waals surface area contributed by atoms with E-state index in [4.69, 9.17) is 9.47 Å². The van der Waals surface area contributed by atoms with Crippen molar-refractivity contribution in [2.45, 2.75) is 64.0 Å². The van der Waals surface area contributed by atoms with Crippen molar-refractivity contribution in [1.82, 2.24) is 4.90 Å². The number of likely N-dealkylation sites (tertiary alicyclic amines) is 1. The van der Waals surface area contributed by atoms with Gasteiger partial charge in [0, 0.05) is 19.0 Å². The van der Waals surface area contributed by atoms with Crippen molar-refractivity contribution >= 4 is 5.91 Å². The number of aliphatic hydroxyl groups excluding tert-OH is 1. The summed E-state index contributed by atoms with van der Waals surface area (Å²) in [7, 11) is 0.